The quantitative estimate of drug-likeness (QED) is 0.575. The van der Waals surface area contributed by atoms with Gasteiger partial charge in [0.05, 0.1) is 0 Å². The number of ketones is 1. The summed E-state index contributed by atoms with van der Waals surface area (Å²) in [5.74, 6) is 5.45. The van der Waals surface area contributed by atoms with Crippen LogP contribution in [0.1, 0.15) is 90.9 Å². The smallest absolute Gasteiger partial charge is 0.142 e. The third-order valence-corrected chi connectivity index (χ3v) is 10.1. The van der Waals surface area contributed by atoms with E-state index in [0.717, 1.165) is 29.6 Å². The summed E-state index contributed by atoms with van der Waals surface area (Å²) in [5, 5.41) is 0. The Balaban J connectivity index is 1.44. The van der Waals surface area contributed by atoms with E-state index in [1.54, 1.807) is 0 Å². The first kappa shape index (κ1) is 15.9. The molecule has 0 aromatic rings. The zero-order valence-corrected chi connectivity index (χ0v) is 15.9. The lowest BCUT2D eigenvalue weighted by atomic mass is 9.45. The normalized spacial score (nSPS) is 54.6. The second-order valence-electron chi connectivity index (χ2n) is 10.8. The maximum absolute atomic E-state index is 13.3. The third-order valence-electron chi connectivity index (χ3n) is 10.1. The van der Waals surface area contributed by atoms with Crippen LogP contribution in [0, 0.1) is 46.3 Å². The van der Waals surface area contributed by atoms with Gasteiger partial charge in [0.2, 0.25) is 0 Å². The van der Waals surface area contributed by atoms with Crippen LogP contribution in [-0.2, 0) is 4.79 Å². The van der Waals surface area contributed by atoms with Crippen molar-refractivity contribution in [2.45, 2.75) is 90.9 Å². The van der Waals surface area contributed by atoms with E-state index in [1.807, 2.05) is 0 Å². The van der Waals surface area contributed by atoms with Crippen molar-refractivity contribution in [3.63, 3.8) is 0 Å². The fourth-order valence-electron chi connectivity index (χ4n) is 8.41. The molecule has 0 aromatic heterocycles. The fourth-order valence-corrected chi connectivity index (χ4v) is 8.41. The molecule has 0 bridgehead atoms. The highest BCUT2D eigenvalue weighted by Crippen LogP contribution is 2.67. The zero-order valence-electron chi connectivity index (χ0n) is 15.9. The summed E-state index contributed by atoms with van der Waals surface area (Å²) < 4.78 is 0. The summed E-state index contributed by atoms with van der Waals surface area (Å²) in [6.45, 7) is 5.03. The van der Waals surface area contributed by atoms with Crippen molar-refractivity contribution in [1.29, 1.82) is 0 Å². The van der Waals surface area contributed by atoms with E-state index < -0.39 is 0 Å². The molecule has 1 heteroatoms. The van der Waals surface area contributed by atoms with Crippen LogP contribution in [0.2, 0.25) is 0 Å². The highest BCUT2D eigenvalue weighted by Gasteiger charge is 2.62. The van der Waals surface area contributed by atoms with Crippen LogP contribution in [0.5, 0.6) is 0 Å². The van der Waals surface area contributed by atoms with Crippen molar-refractivity contribution in [3.8, 4) is 0 Å². The molecule has 0 aromatic carbocycles. The third kappa shape index (κ3) is 1.96. The molecule has 0 radical (unpaired) electrons. The number of carbonyl (C=O) groups excluding carboxylic acids is 1. The van der Waals surface area contributed by atoms with E-state index in [-0.39, 0.29) is 5.41 Å². The van der Waals surface area contributed by atoms with Gasteiger partial charge in [0.25, 0.3) is 0 Å². The van der Waals surface area contributed by atoms with Gasteiger partial charge >= 0.3 is 0 Å². The van der Waals surface area contributed by atoms with Crippen LogP contribution in [0.25, 0.3) is 0 Å². The van der Waals surface area contributed by atoms with Gasteiger partial charge < -0.3 is 0 Å². The Hall–Kier alpha value is -0.330. The van der Waals surface area contributed by atoms with Crippen molar-refractivity contribution in [2.75, 3.05) is 0 Å². The fraction of sp³-hybridized carbons (Fsp3) is 0.957. The highest BCUT2D eigenvalue weighted by atomic mass is 16.1. The topological polar surface area (TPSA) is 17.1 Å². The lowest BCUT2D eigenvalue weighted by Gasteiger charge is -2.59. The Labute approximate surface area is 148 Å². The molecule has 0 spiro atoms. The van der Waals surface area contributed by atoms with Gasteiger partial charge in [-0.2, -0.15) is 0 Å². The Morgan fingerprint density at radius 2 is 1.67 bits per heavy atom. The van der Waals surface area contributed by atoms with Gasteiger partial charge in [-0.15, -0.1) is 0 Å². The minimum Gasteiger partial charge on any atom is -0.299 e. The van der Waals surface area contributed by atoms with E-state index in [4.69, 9.17) is 0 Å². The van der Waals surface area contributed by atoms with Gasteiger partial charge in [0, 0.05) is 11.3 Å². The van der Waals surface area contributed by atoms with Crippen molar-refractivity contribution < 1.29 is 4.79 Å². The molecular formula is C23H36O. The molecule has 0 aliphatic heterocycles. The molecule has 0 heterocycles. The SMILES string of the molecule is C[C@]12CCCCC1CC[C@@H]1[C@H]2CC[C@]2(C)C(=O)C(C3CCC3)C[C@@H]12. The van der Waals surface area contributed by atoms with Crippen LogP contribution < -0.4 is 0 Å². The van der Waals surface area contributed by atoms with Gasteiger partial charge in [-0.1, -0.05) is 33.1 Å². The van der Waals surface area contributed by atoms with Crippen molar-refractivity contribution in [3.05, 3.63) is 0 Å². The first-order valence-electron chi connectivity index (χ1n) is 11.1. The minimum atomic E-state index is 0.0548. The van der Waals surface area contributed by atoms with Crippen molar-refractivity contribution in [1.82, 2.24) is 0 Å². The molecule has 0 N–H and O–H groups in total. The summed E-state index contributed by atoms with van der Waals surface area (Å²) in [7, 11) is 0. The Kier molecular flexibility index (Phi) is 3.53. The molecule has 134 valence electrons. The Morgan fingerprint density at radius 1 is 0.833 bits per heavy atom. The first-order chi connectivity index (χ1) is 11.5. The lowest BCUT2D eigenvalue weighted by Crippen LogP contribution is -2.52. The van der Waals surface area contributed by atoms with Gasteiger partial charge in [0.1, 0.15) is 5.78 Å². The van der Waals surface area contributed by atoms with Crippen LogP contribution >= 0.6 is 0 Å². The Bertz CT molecular complexity index is 534. The van der Waals surface area contributed by atoms with Gasteiger partial charge in [-0.25, -0.2) is 0 Å². The van der Waals surface area contributed by atoms with E-state index in [1.165, 1.54) is 77.0 Å². The molecule has 5 aliphatic rings. The predicted octanol–water partition coefficient (Wildman–Crippen LogP) is 6.01. The van der Waals surface area contributed by atoms with E-state index >= 15 is 0 Å². The summed E-state index contributed by atoms with van der Waals surface area (Å²) in [5.41, 5.74) is 0.666. The maximum atomic E-state index is 13.3. The summed E-state index contributed by atoms with van der Waals surface area (Å²) >= 11 is 0. The van der Waals surface area contributed by atoms with Crippen LogP contribution in [-0.4, -0.2) is 5.78 Å². The average Bonchev–Trinajstić information content (AvgIpc) is 2.78. The number of Topliss-reactive ketones (excluding diaryl/α,β-unsaturated/α-hetero) is 1. The molecular weight excluding hydrogens is 292 g/mol. The first-order valence-corrected chi connectivity index (χ1v) is 11.1. The zero-order chi connectivity index (χ0) is 16.5. The summed E-state index contributed by atoms with van der Waals surface area (Å²) in [6, 6.07) is 0. The predicted molar refractivity (Wildman–Crippen MR) is 97.6 cm³/mol. The number of fused-ring (bicyclic) bond motifs is 5. The van der Waals surface area contributed by atoms with E-state index in [9.17, 15) is 4.79 Å². The van der Waals surface area contributed by atoms with Gasteiger partial charge in [0.15, 0.2) is 0 Å². The van der Waals surface area contributed by atoms with Gasteiger partial charge in [-0.05, 0) is 92.8 Å². The number of hydrogen-bond acceptors (Lipinski definition) is 1. The molecule has 7 atom stereocenters. The van der Waals surface area contributed by atoms with Crippen molar-refractivity contribution in [2.24, 2.45) is 46.3 Å². The van der Waals surface area contributed by atoms with E-state index in [2.05, 4.69) is 13.8 Å². The standard InChI is InChI=1S/C23H36O/c1-22-12-4-3-8-16(22)9-10-17-19(22)11-13-23(2)20(17)14-18(21(23)24)15-6-5-7-15/h15-20H,3-14H2,1-2H3/t16?,17-,18?,19-,20+,22+,23+/m1/s1. The van der Waals surface area contributed by atoms with Crippen LogP contribution in [0.4, 0.5) is 0 Å². The molecule has 24 heavy (non-hydrogen) atoms. The summed E-state index contributed by atoms with van der Waals surface area (Å²) in [4.78, 5) is 13.3. The minimum absolute atomic E-state index is 0.0548. The van der Waals surface area contributed by atoms with E-state index in [0.29, 0.717) is 17.1 Å². The molecule has 0 saturated heterocycles. The average molecular weight is 329 g/mol. The van der Waals surface area contributed by atoms with Gasteiger partial charge in [-0.3, -0.25) is 4.79 Å². The second-order valence-corrected chi connectivity index (χ2v) is 10.8. The molecule has 0 amide bonds. The van der Waals surface area contributed by atoms with Crippen molar-refractivity contribution >= 4 is 5.78 Å². The molecule has 5 saturated carbocycles. The molecule has 1 nitrogen and oxygen atoms in total. The largest absolute Gasteiger partial charge is 0.299 e. The highest BCUT2D eigenvalue weighted by molar-refractivity contribution is 5.89. The maximum Gasteiger partial charge on any atom is 0.142 e. The molecule has 5 rings (SSSR count). The Morgan fingerprint density at radius 3 is 2.42 bits per heavy atom. The monoisotopic (exact) mass is 328 g/mol. The van der Waals surface area contributed by atoms with Crippen LogP contribution in [0.3, 0.4) is 0 Å². The van der Waals surface area contributed by atoms with Crippen LogP contribution in [0.15, 0.2) is 0 Å². The number of hydrogen-bond donors (Lipinski definition) is 0. The number of rotatable bonds is 1. The molecule has 5 aliphatic carbocycles. The molecule has 2 unspecified atom stereocenters. The summed E-state index contributed by atoms with van der Waals surface area (Å²) in [6.07, 6.45) is 16.7. The lowest BCUT2D eigenvalue weighted by molar-refractivity contribution is -0.141. The molecule has 5 fully saturated rings. The number of carbonyl (C=O) groups is 1. The second kappa shape index (κ2) is 5.34.